The maximum Gasteiger partial charge on any atom is 0.349 e. The number of carbonyl (C=O) groups excluding carboxylic acids is 1. The van der Waals surface area contributed by atoms with Crippen molar-refractivity contribution in [1.29, 1.82) is 0 Å². The summed E-state index contributed by atoms with van der Waals surface area (Å²) in [5, 5.41) is 8.40. The summed E-state index contributed by atoms with van der Waals surface area (Å²) >= 11 is 5.22. The first kappa shape index (κ1) is 10.5. The van der Waals surface area contributed by atoms with Gasteiger partial charge in [-0.25, -0.2) is 4.79 Å². The van der Waals surface area contributed by atoms with Gasteiger partial charge >= 0.3 is 5.97 Å². The van der Waals surface area contributed by atoms with Gasteiger partial charge in [0.25, 0.3) is 0 Å². The quantitative estimate of drug-likeness (QED) is 0.514. The maximum absolute atomic E-state index is 10.6. The molecule has 0 aliphatic carbocycles. The van der Waals surface area contributed by atoms with Crippen molar-refractivity contribution in [3.05, 3.63) is 11.6 Å². The minimum Gasteiger partial charge on any atom is -0.461 e. The molecule has 0 aromatic carbocycles. The molecule has 1 unspecified atom stereocenters. The van der Waals surface area contributed by atoms with Crippen LogP contribution in [0.4, 0.5) is 0 Å². The van der Waals surface area contributed by atoms with Gasteiger partial charge in [0.1, 0.15) is 5.03 Å². The second-order valence-corrected chi connectivity index (χ2v) is 2.75. The molecular weight excluding hydrogens is 168 g/mol. The Labute approximate surface area is 70.6 Å². The van der Waals surface area contributed by atoms with Crippen molar-refractivity contribution in [1.82, 2.24) is 0 Å². The van der Waals surface area contributed by atoms with Crippen LogP contribution in [0, 0.1) is 5.92 Å². The Morgan fingerprint density at radius 3 is 2.73 bits per heavy atom. The molecule has 0 fully saturated rings. The van der Waals surface area contributed by atoms with Gasteiger partial charge in [-0.1, -0.05) is 25.1 Å². The van der Waals surface area contributed by atoms with Crippen LogP contribution in [0.25, 0.3) is 0 Å². The number of esters is 1. The molecule has 64 valence electrons. The average Bonchev–Trinajstić information content (AvgIpc) is 1.99. The van der Waals surface area contributed by atoms with Crippen LogP contribution in [-0.4, -0.2) is 24.3 Å². The normalized spacial score (nSPS) is 12.3. The van der Waals surface area contributed by atoms with E-state index >= 15 is 0 Å². The largest absolute Gasteiger partial charge is 0.461 e. The fraction of sp³-hybridized carbons (Fsp3) is 0.571. The highest BCUT2D eigenvalue weighted by molar-refractivity contribution is 6.40. The molecule has 0 bridgehead atoms. The topological polar surface area (TPSA) is 46.5 Å². The molecule has 0 spiro atoms. The van der Waals surface area contributed by atoms with E-state index in [4.69, 9.17) is 16.7 Å². The van der Waals surface area contributed by atoms with E-state index in [1.54, 1.807) is 6.92 Å². The Morgan fingerprint density at radius 1 is 1.82 bits per heavy atom. The molecule has 4 heteroatoms. The molecule has 0 saturated carbocycles. The number of ether oxygens (including phenoxy) is 1. The highest BCUT2D eigenvalue weighted by Crippen LogP contribution is 2.02. The predicted octanol–water partition coefficient (Wildman–Crippen LogP) is 0.910. The lowest BCUT2D eigenvalue weighted by atomic mass is 10.2. The van der Waals surface area contributed by atoms with E-state index in [-0.39, 0.29) is 24.2 Å². The first-order valence-electron chi connectivity index (χ1n) is 3.20. The molecule has 0 radical (unpaired) electrons. The second-order valence-electron chi connectivity index (χ2n) is 2.29. The fourth-order valence-electron chi connectivity index (χ4n) is 0.349. The average molecular weight is 179 g/mol. The van der Waals surface area contributed by atoms with E-state index < -0.39 is 5.97 Å². The smallest absolute Gasteiger partial charge is 0.349 e. The SMILES string of the molecule is C=C(Cl)C(=O)OCC(C)CO. The summed E-state index contributed by atoms with van der Waals surface area (Å²) in [4.78, 5) is 10.6. The molecule has 0 amide bonds. The Morgan fingerprint density at radius 2 is 2.36 bits per heavy atom. The van der Waals surface area contributed by atoms with Crippen LogP contribution >= 0.6 is 11.6 Å². The Bertz CT molecular complexity index is 156. The monoisotopic (exact) mass is 178 g/mol. The van der Waals surface area contributed by atoms with Gasteiger partial charge in [0.05, 0.1) is 6.61 Å². The number of halogens is 1. The molecule has 0 saturated heterocycles. The van der Waals surface area contributed by atoms with Gasteiger partial charge in [-0.3, -0.25) is 0 Å². The van der Waals surface area contributed by atoms with Gasteiger partial charge in [-0.15, -0.1) is 0 Å². The minimum absolute atomic E-state index is 0.0119. The molecule has 0 heterocycles. The third-order valence-electron chi connectivity index (χ3n) is 1.03. The van der Waals surface area contributed by atoms with Gasteiger partial charge in [0, 0.05) is 12.5 Å². The molecule has 0 aromatic heterocycles. The molecule has 0 aliphatic heterocycles. The zero-order valence-corrected chi connectivity index (χ0v) is 7.10. The molecule has 0 rings (SSSR count). The van der Waals surface area contributed by atoms with E-state index in [1.165, 1.54) is 0 Å². The van der Waals surface area contributed by atoms with Crippen LogP contribution in [0.15, 0.2) is 11.6 Å². The van der Waals surface area contributed by atoms with Gasteiger partial charge in [-0.05, 0) is 0 Å². The van der Waals surface area contributed by atoms with E-state index in [9.17, 15) is 4.79 Å². The maximum atomic E-state index is 10.6. The zero-order valence-electron chi connectivity index (χ0n) is 6.34. The lowest BCUT2D eigenvalue weighted by Crippen LogP contribution is -2.14. The van der Waals surface area contributed by atoms with Crippen LogP contribution in [0.5, 0.6) is 0 Å². The molecular formula is C7H11ClO3. The summed E-state index contributed by atoms with van der Waals surface area (Å²) in [5.41, 5.74) is 0. The summed E-state index contributed by atoms with van der Waals surface area (Å²) < 4.78 is 4.63. The standard InChI is InChI=1S/C7H11ClO3/c1-5(3-9)4-11-7(10)6(2)8/h5,9H,2-4H2,1H3. The zero-order chi connectivity index (χ0) is 8.85. The van der Waals surface area contributed by atoms with Crippen molar-refractivity contribution in [3.63, 3.8) is 0 Å². The molecule has 1 atom stereocenters. The van der Waals surface area contributed by atoms with Crippen molar-refractivity contribution in [2.24, 2.45) is 5.92 Å². The van der Waals surface area contributed by atoms with Crippen molar-refractivity contribution in [2.75, 3.05) is 13.2 Å². The number of aliphatic hydroxyl groups is 1. The van der Waals surface area contributed by atoms with E-state index in [1.807, 2.05) is 0 Å². The molecule has 0 aromatic rings. The number of hydrogen-bond donors (Lipinski definition) is 1. The first-order chi connectivity index (χ1) is 5.07. The van der Waals surface area contributed by atoms with Crippen LogP contribution in [0.1, 0.15) is 6.92 Å². The van der Waals surface area contributed by atoms with Crippen LogP contribution in [0.3, 0.4) is 0 Å². The summed E-state index contributed by atoms with van der Waals surface area (Å²) in [6.45, 7) is 5.10. The summed E-state index contributed by atoms with van der Waals surface area (Å²) in [5.74, 6) is -0.693. The molecule has 3 nitrogen and oxygen atoms in total. The molecule has 0 aliphatic rings. The number of carbonyl (C=O) groups is 1. The highest BCUT2D eigenvalue weighted by Gasteiger charge is 2.07. The van der Waals surface area contributed by atoms with Crippen molar-refractivity contribution >= 4 is 17.6 Å². The Kier molecular flexibility index (Phi) is 4.90. The Hall–Kier alpha value is -0.540. The first-order valence-corrected chi connectivity index (χ1v) is 3.58. The predicted molar refractivity (Wildman–Crippen MR) is 42.2 cm³/mol. The minimum atomic E-state index is -0.632. The molecule has 11 heavy (non-hydrogen) atoms. The third-order valence-corrected chi connectivity index (χ3v) is 1.19. The third kappa shape index (κ3) is 4.81. The molecule has 1 N–H and O–H groups in total. The van der Waals surface area contributed by atoms with Crippen LogP contribution in [0.2, 0.25) is 0 Å². The van der Waals surface area contributed by atoms with E-state index in [2.05, 4.69) is 11.3 Å². The van der Waals surface area contributed by atoms with Gasteiger partial charge in [-0.2, -0.15) is 0 Å². The van der Waals surface area contributed by atoms with Crippen molar-refractivity contribution in [3.8, 4) is 0 Å². The van der Waals surface area contributed by atoms with Crippen molar-refractivity contribution < 1.29 is 14.6 Å². The lowest BCUT2D eigenvalue weighted by molar-refractivity contribution is -0.139. The highest BCUT2D eigenvalue weighted by atomic mass is 35.5. The number of rotatable bonds is 4. The van der Waals surface area contributed by atoms with Gasteiger partial charge in [0.2, 0.25) is 0 Å². The van der Waals surface area contributed by atoms with Crippen molar-refractivity contribution in [2.45, 2.75) is 6.92 Å². The second kappa shape index (κ2) is 5.16. The number of hydrogen-bond acceptors (Lipinski definition) is 3. The van der Waals surface area contributed by atoms with Crippen LogP contribution in [-0.2, 0) is 9.53 Å². The fourth-order valence-corrected chi connectivity index (χ4v) is 0.404. The number of aliphatic hydroxyl groups excluding tert-OH is 1. The lowest BCUT2D eigenvalue weighted by Gasteiger charge is -2.07. The van der Waals surface area contributed by atoms with Crippen LogP contribution < -0.4 is 0 Å². The van der Waals surface area contributed by atoms with Gasteiger partial charge in [0.15, 0.2) is 0 Å². The summed E-state index contributed by atoms with van der Waals surface area (Å²) in [6.07, 6.45) is 0. The van der Waals surface area contributed by atoms with E-state index in [0.29, 0.717) is 0 Å². The summed E-state index contributed by atoms with van der Waals surface area (Å²) in [7, 11) is 0. The van der Waals surface area contributed by atoms with Gasteiger partial charge < -0.3 is 9.84 Å². The van der Waals surface area contributed by atoms with E-state index in [0.717, 1.165) is 0 Å². The Balaban J connectivity index is 3.54. The summed E-state index contributed by atoms with van der Waals surface area (Å²) in [6, 6.07) is 0.